The first-order chi connectivity index (χ1) is 15.0. The Bertz CT molecular complexity index is 1040. The molecule has 1 aliphatic heterocycles. The number of aliphatic hydroxyl groups excluding tert-OH is 1. The monoisotopic (exact) mass is 419 g/mol. The topological polar surface area (TPSA) is 65.9 Å². The van der Waals surface area contributed by atoms with Crippen LogP contribution in [-0.2, 0) is 4.79 Å². The Morgan fingerprint density at radius 1 is 1.19 bits per heavy atom. The van der Waals surface area contributed by atoms with Crippen LogP contribution >= 0.6 is 0 Å². The predicted molar refractivity (Wildman–Crippen MR) is 121 cm³/mol. The third-order valence-corrected chi connectivity index (χ3v) is 6.01. The average molecular weight is 420 g/mol. The first-order valence-corrected chi connectivity index (χ1v) is 10.7. The molecule has 1 fully saturated rings. The Hall–Kier alpha value is -2.96. The van der Waals surface area contributed by atoms with E-state index in [2.05, 4.69) is 9.88 Å². The van der Waals surface area contributed by atoms with Gasteiger partial charge in [-0.25, -0.2) is 4.98 Å². The van der Waals surface area contributed by atoms with Crippen LogP contribution in [0.2, 0.25) is 0 Å². The van der Waals surface area contributed by atoms with Crippen molar-refractivity contribution in [1.29, 1.82) is 0 Å². The first-order valence-electron chi connectivity index (χ1n) is 10.7. The summed E-state index contributed by atoms with van der Waals surface area (Å²) in [6, 6.07) is 17.8. The molecule has 1 unspecified atom stereocenters. The molecule has 2 atom stereocenters. The molecule has 2 heterocycles. The van der Waals surface area contributed by atoms with Crippen LogP contribution in [-0.4, -0.2) is 65.2 Å². The molecule has 1 aromatic heterocycles. The van der Waals surface area contributed by atoms with E-state index < -0.39 is 0 Å². The highest BCUT2D eigenvalue weighted by Crippen LogP contribution is 2.26. The summed E-state index contributed by atoms with van der Waals surface area (Å²) in [7, 11) is 1.82. The summed E-state index contributed by atoms with van der Waals surface area (Å²) in [6.07, 6.45) is 2.26. The average Bonchev–Trinajstić information content (AvgIpc) is 3.22. The molecule has 6 heteroatoms. The Kier molecular flexibility index (Phi) is 6.49. The summed E-state index contributed by atoms with van der Waals surface area (Å²) in [6.45, 7) is 4.08. The van der Waals surface area contributed by atoms with Gasteiger partial charge in [0, 0.05) is 38.3 Å². The zero-order valence-corrected chi connectivity index (χ0v) is 18.1. The zero-order chi connectivity index (χ0) is 21.8. The smallest absolute Gasteiger partial charge is 0.260 e. The van der Waals surface area contributed by atoms with E-state index >= 15 is 0 Å². The number of β-amino-alcohol motifs (C(OH)–C–C–N with tert-alkyl or cyclic N) is 1. The van der Waals surface area contributed by atoms with E-state index in [-0.39, 0.29) is 24.7 Å². The summed E-state index contributed by atoms with van der Waals surface area (Å²) in [5.74, 6) is 0.363. The number of aliphatic hydroxyl groups is 1. The summed E-state index contributed by atoms with van der Waals surface area (Å²) in [4.78, 5) is 21.4. The van der Waals surface area contributed by atoms with Gasteiger partial charge in [-0.2, -0.15) is 0 Å². The largest absolute Gasteiger partial charge is 0.467 e. The van der Waals surface area contributed by atoms with Crippen LogP contribution in [0.25, 0.3) is 10.8 Å². The number of ether oxygens (including phenoxy) is 1. The highest BCUT2D eigenvalue weighted by Gasteiger charge is 2.28. The van der Waals surface area contributed by atoms with Gasteiger partial charge in [-0.05, 0) is 35.9 Å². The number of likely N-dealkylation sites (N-methyl/N-ethyl adjacent to an activating group) is 1. The Balaban J connectivity index is 1.49. The SMILES string of the molecule is Cc1cnc(OCC(=O)N(C)C(CN2CC[C@H](O)C2)c2ccccc2)c2ccccc12. The molecule has 1 saturated heterocycles. The number of amides is 1. The van der Waals surface area contributed by atoms with Gasteiger partial charge < -0.3 is 14.7 Å². The van der Waals surface area contributed by atoms with E-state index in [1.165, 1.54) is 0 Å². The summed E-state index contributed by atoms with van der Waals surface area (Å²) in [5, 5.41) is 11.9. The van der Waals surface area contributed by atoms with Crippen LogP contribution in [0.5, 0.6) is 5.88 Å². The molecule has 3 aromatic rings. The van der Waals surface area contributed by atoms with Gasteiger partial charge in [-0.15, -0.1) is 0 Å². The molecule has 0 radical (unpaired) electrons. The molecular formula is C25H29N3O3. The molecule has 0 bridgehead atoms. The molecule has 162 valence electrons. The number of hydrogen-bond acceptors (Lipinski definition) is 5. The molecule has 0 saturated carbocycles. The van der Waals surface area contributed by atoms with Gasteiger partial charge in [0.1, 0.15) is 0 Å². The Morgan fingerprint density at radius 2 is 1.90 bits per heavy atom. The van der Waals surface area contributed by atoms with Crippen molar-refractivity contribution in [3.8, 4) is 5.88 Å². The molecular weight excluding hydrogens is 390 g/mol. The minimum atomic E-state index is -0.290. The van der Waals surface area contributed by atoms with Crippen molar-refractivity contribution in [3.63, 3.8) is 0 Å². The zero-order valence-electron chi connectivity index (χ0n) is 18.1. The quantitative estimate of drug-likeness (QED) is 0.637. The standard InChI is InChI=1S/C25H29N3O3/c1-18-14-26-25(22-11-7-6-10-21(18)22)31-17-24(30)27(2)23(19-8-4-3-5-9-19)16-28-13-12-20(29)15-28/h3-11,14,20,23,29H,12-13,15-17H2,1-2H3/t20-,23?/m0/s1. The van der Waals surface area contributed by atoms with Crippen molar-refractivity contribution in [2.45, 2.75) is 25.5 Å². The number of aryl methyl sites for hydroxylation is 1. The number of rotatable bonds is 7. The lowest BCUT2D eigenvalue weighted by molar-refractivity contribution is -0.134. The number of hydrogen-bond donors (Lipinski definition) is 1. The third kappa shape index (κ3) is 4.86. The molecule has 1 N–H and O–H groups in total. The van der Waals surface area contributed by atoms with Gasteiger partial charge >= 0.3 is 0 Å². The summed E-state index contributed by atoms with van der Waals surface area (Å²) < 4.78 is 5.87. The Labute approximate surface area is 183 Å². The lowest BCUT2D eigenvalue weighted by Crippen LogP contribution is -2.41. The normalized spacial score (nSPS) is 17.6. The number of carbonyl (C=O) groups excluding carboxylic acids is 1. The van der Waals surface area contributed by atoms with Crippen molar-refractivity contribution >= 4 is 16.7 Å². The maximum Gasteiger partial charge on any atom is 0.260 e. The van der Waals surface area contributed by atoms with Gasteiger partial charge in [-0.1, -0.05) is 48.5 Å². The second-order valence-corrected chi connectivity index (χ2v) is 8.21. The maximum atomic E-state index is 13.1. The summed E-state index contributed by atoms with van der Waals surface area (Å²) in [5.41, 5.74) is 2.14. The van der Waals surface area contributed by atoms with Crippen molar-refractivity contribution in [2.75, 3.05) is 33.3 Å². The lowest BCUT2D eigenvalue weighted by Gasteiger charge is -2.32. The number of benzene rings is 2. The van der Waals surface area contributed by atoms with Crippen LogP contribution < -0.4 is 4.74 Å². The molecule has 1 amide bonds. The fourth-order valence-electron chi connectivity index (χ4n) is 4.18. The molecule has 1 aliphatic rings. The van der Waals surface area contributed by atoms with Crippen molar-refractivity contribution in [2.24, 2.45) is 0 Å². The second-order valence-electron chi connectivity index (χ2n) is 8.21. The fourth-order valence-corrected chi connectivity index (χ4v) is 4.18. The van der Waals surface area contributed by atoms with E-state index in [1.54, 1.807) is 11.1 Å². The van der Waals surface area contributed by atoms with Gasteiger partial charge in [-0.3, -0.25) is 9.69 Å². The number of likely N-dealkylation sites (tertiary alicyclic amines) is 1. The molecule has 6 nitrogen and oxygen atoms in total. The number of pyridine rings is 1. The van der Waals surface area contributed by atoms with Crippen LogP contribution in [0.15, 0.2) is 60.8 Å². The second kappa shape index (κ2) is 9.45. The van der Waals surface area contributed by atoms with E-state index in [1.807, 2.05) is 68.6 Å². The molecule has 4 rings (SSSR count). The number of nitrogens with zero attached hydrogens (tertiary/aromatic N) is 3. The van der Waals surface area contributed by atoms with E-state index in [4.69, 9.17) is 4.74 Å². The van der Waals surface area contributed by atoms with E-state index in [0.717, 1.165) is 34.9 Å². The predicted octanol–water partition coefficient (Wildman–Crippen LogP) is 3.19. The number of aromatic nitrogens is 1. The summed E-state index contributed by atoms with van der Waals surface area (Å²) >= 11 is 0. The number of carbonyl (C=O) groups is 1. The maximum absolute atomic E-state index is 13.1. The van der Waals surface area contributed by atoms with Crippen molar-refractivity contribution in [1.82, 2.24) is 14.8 Å². The molecule has 2 aromatic carbocycles. The fraction of sp³-hybridized carbons (Fsp3) is 0.360. The van der Waals surface area contributed by atoms with Crippen LogP contribution in [0.1, 0.15) is 23.6 Å². The van der Waals surface area contributed by atoms with Crippen LogP contribution in [0.4, 0.5) is 0 Å². The minimum absolute atomic E-state index is 0.0808. The molecule has 0 aliphatic carbocycles. The lowest BCUT2D eigenvalue weighted by atomic mass is 10.0. The van der Waals surface area contributed by atoms with Crippen molar-refractivity contribution < 1.29 is 14.6 Å². The van der Waals surface area contributed by atoms with Gasteiger partial charge in [0.2, 0.25) is 5.88 Å². The molecule has 0 spiro atoms. The third-order valence-electron chi connectivity index (χ3n) is 6.01. The van der Waals surface area contributed by atoms with Gasteiger partial charge in [0.05, 0.1) is 12.1 Å². The first kappa shape index (κ1) is 21.3. The van der Waals surface area contributed by atoms with E-state index in [0.29, 0.717) is 19.0 Å². The number of fused-ring (bicyclic) bond motifs is 1. The van der Waals surface area contributed by atoms with Crippen molar-refractivity contribution in [3.05, 3.63) is 71.9 Å². The van der Waals surface area contributed by atoms with Crippen LogP contribution in [0.3, 0.4) is 0 Å². The van der Waals surface area contributed by atoms with E-state index in [9.17, 15) is 9.90 Å². The van der Waals surface area contributed by atoms with Crippen LogP contribution in [0, 0.1) is 6.92 Å². The highest BCUT2D eigenvalue weighted by molar-refractivity contribution is 5.89. The Morgan fingerprint density at radius 3 is 2.61 bits per heavy atom. The minimum Gasteiger partial charge on any atom is -0.467 e. The molecule has 31 heavy (non-hydrogen) atoms. The highest BCUT2D eigenvalue weighted by atomic mass is 16.5. The van der Waals surface area contributed by atoms with Gasteiger partial charge in [0.25, 0.3) is 5.91 Å². The van der Waals surface area contributed by atoms with Gasteiger partial charge in [0.15, 0.2) is 6.61 Å².